The van der Waals surface area contributed by atoms with Crippen LogP contribution in [0.25, 0.3) is 10.2 Å². The lowest BCUT2D eigenvalue weighted by molar-refractivity contribution is 0.0997. The van der Waals surface area contributed by atoms with E-state index in [4.69, 9.17) is 15.9 Å². The molecule has 0 unspecified atom stereocenters. The number of terminal acetylenes is 1. The van der Waals surface area contributed by atoms with Gasteiger partial charge in [-0.15, -0.1) is 6.42 Å². The van der Waals surface area contributed by atoms with E-state index in [-0.39, 0.29) is 5.91 Å². The number of ether oxygens (including phenoxy) is 2. The van der Waals surface area contributed by atoms with Crippen molar-refractivity contribution < 1.29 is 14.3 Å². The van der Waals surface area contributed by atoms with Gasteiger partial charge in [-0.3, -0.25) is 4.79 Å². The fraction of sp³-hybridized carbons (Fsp3) is 0.158. The Kier molecular flexibility index (Phi) is 4.87. The zero-order valence-electron chi connectivity index (χ0n) is 13.9. The van der Waals surface area contributed by atoms with Crippen LogP contribution < -0.4 is 14.3 Å². The van der Waals surface area contributed by atoms with Crippen molar-refractivity contribution in [3.8, 4) is 23.8 Å². The van der Waals surface area contributed by atoms with Gasteiger partial charge in [0.05, 0.1) is 31.0 Å². The lowest BCUT2D eigenvalue weighted by atomic mass is 10.2. The summed E-state index contributed by atoms with van der Waals surface area (Å²) in [5.74, 6) is 3.62. The standard InChI is InChI=1S/C19H16N2O3S/c1-4-10-21-16-9-8-15(24-3)12-17(16)25-19(21)20-18(22)13-6-5-7-14(11-13)23-2/h1,5-9,11-12H,10H2,2-3H3. The molecular weight excluding hydrogens is 336 g/mol. The number of methoxy groups -OCH3 is 2. The minimum atomic E-state index is -0.344. The highest BCUT2D eigenvalue weighted by atomic mass is 32.1. The van der Waals surface area contributed by atoms with Crippen LogP contribution in [0, 0.1) is 12.3 Å². The van der Waals surface area contributed by atoms with Crippen LogP contribution in [0.15, 0.2) is 47.5 Å². The zero-order chi connectivity index (χ0) is 17.8. The molecule has 3 rings (SSSR count). The molecule has 5 nitrogen and oxygen atoms in total. The van der Waals surface area contributed by atoms with Gasteiger partial charge in [0.15, 0.2) is 4.80 Å². The van der Waals surface area contributed by atoms with Crippen molar-refractivity contribution >= 4 is 27.5 Å². The monoisotopic (exact) mass is 352 g/mol. The number of nitrogens with zero attached hydrogens (tertiary/aromatic N) is 2. The van der Waals surface area contributed by atoms with Gasteiger partial charge in [0.25, 0.3) is 5.91 Å². The highest BCUT2D eigenvalue weighted by molar-refractivity contribution is 7.16. The van der Waals surface area contributed by atoms with Crippen LogP contribution in [-0.4, -0.2) is 24.7 Å². The average molecular weight is 352 g/mol. The molecule has 0 saturated carbocycles. The lowest BCUT2D eigenvalue weighted by Crippen LogP contribution is -2.16. The number of carbonyl (C=O) groups is 1. The summed E-state index contributed by atoms with van der Waals surface area (Å²) in [6.45, 7) is 0.330. The molecule has 0 N–H and O–H groups in total. The predicted octanol–water partition coefficient (Wildman–Crippen LogP) is 3.09. The number of thiazole rings is 1. The SMILES string of the molecule is C#CCn1c(=NC(=O)c2cccc(OC)c2)sc2cc(OC)ccc21. The summed E-state index contributed by atoms with van der Waals surface area (Å²) >= 11 is 1.39. The Labute approximate surface area is 149 Å². The smallest absolute Gasteiger partial charge is 0.279 e. The van der Waals surface area contributed by atoms with Crippen LogP contribution >= 0.6 is 11.3 Å². The van der Waals surface area contributed by atoms with E-state index >= 15 is 0 Å². The maximum Gasteiger partial charge on any atom is 0.279 e. The summed E-state index contributed by atoms with van der Waals surface area (Å²) in [5.41, 5.74) is 1.38. The van der Waals surface area contributed by atoms with Gasteiger partial charge in [0.1, 0.15) is 11.5 Å². The summed E-state index contributed by atoms with van der Waals surface area (Å²) in [4.78, 5) is 17.4. The molecular formula is C19H16N2O3S. The molecule has 0 aliphatic carbocycles. The van der Waals surface area contributed by atoms with Crippen molar-refractivity contribution in [1.82, 2.24) is 4.57 Å². The zero-order valence-corrected chi connectivity index (χ0v) is 14.7. The molecule has 0 aliphatic rings. The van der Waals surface area contributed by atoms with E-state index in [0.717, 1.165) is 16.0 Å². The summed E-state index contributed by atoms with van der Waals surface area (Å²) in [6, 6.07) is 12.6. The van der Waals surface area contributed by atoms with Gasteiger partial charge in [-0.1, -0.05) is 23.3 Å². The molecule has 1 heterocycles. The molecule has 0 spiro atoms. The van der Waals surface area contributed by atoms with Crippen LogP contribution in [-0.2, 0) is 6.54 Å². The van der Waals surface area contributed by atoms with Crippen molar-refractivity contribution in [1.29, 1.82) is 0 Å². The third-order valence-electron chi connectivity index (χ3n) is 3.65. The van der Waals surface area contributed by atoms with Crippen molar-refractivity contribution in [2.45, 2.75) is 6.54 Å². The number of aromatic nitrogens is 1. The molecule has 0 saturated heterocycles. The Balaban J connectivity index is 2.12. The van der Waals surface area contributed by atoms with E-state index in [2.05, 4.69) is 10.9 Å². The maximum absolute atomic E-state index is 12.5. The maximum atomic E-state index is 12.5. The topological polar surface area (TPSA) is 52.8 Å². The van der Waals surface area contributed by atoms with E-state index in [1.165, 1.54) is 11.3 Å². The van der Waals surface area contributed by atoms with Gasteiger partial charge in [-0.25, -0.2) is 0 Å². The minimum absolute atomic E-state index is 0.330. The van der Waals surface area contributed by atoms with E-state index in [1.54, 1.807) is 38.5 Å². The molecule has 6 heteroatoms. The molecule has 0 atom stereocenters. The molecule has 0 bridgehead atoms. The Morgan fingerprint density at radius 3 is 2.68 bits per heavy atom. The van der Waals surface area contributed by atoms with Crippen LogP contribution in [0.2, 0.25) is 0 Å². The molecule has 0 radical (unpaired) electrons. The molecule has 1 amide bonds. The first kappa shape index (κ1) is 16.8. The lowest BCUT2D eigenvalue weighted by Gasteiger charge is -2.02. The first-order chi connectivity index (χ1) is 12.2. The normalized spacial score (nSPS) is 11.3. The van der Waals surface area contributed by atoms with Gasteiger partial charge in [-0.05, 0) is 36.4 Å². The van der Waals surface area contributed by atoms with Gasteiger partial charge in [0, 0.05) is 5.56 Å². The van der Waals surface area contributed by atoms with Crippen LogP contribution in [0.5, 0.6) is 11.5 Å². The highest BCUT2D eigenvalue weighted by Crippen LogP contribution is 2.23. The molecule has 1 aromatic heterocycles. The number of benzene rings is 2. The number of hydrogen-bond acceptors (Lipinski definition) is 4. The number of hydrogen-bond donors (Lipinski definition) is 0. The Morgan fingerprint density at radius 1 is 1.20 bits per heavy atom. The first-order valence-electron chi connectivity index (χ1n) is 7.50. The predicted molar refractivity (Wildman–Crippen MR) is 98.1 cm³/mol. The number of carbonyl (C=O) groups excluding carboxylic acids is 1. The van der Waals surface area contributed by atoms with E-state index in [1.807, 2.05) is 22.8 Å². The van der Waals surface area contributed by atoms with Gasteiger partial charge >= 0.3 is 0 Å². The second-order valence-electron chi connectivity index (χ2n) is 5.16. The summed E-state index contributed by atoms with van der Waals surface area (Å²) < 4.78 is 13.2. The molecule has 25 heavy (non-hydrogen) atoms. The number of amides is 1. The first-order valence-corrected chi connectivity index (χ1v) is 8.32. The highest BCUT2D eigenvalue weighted by Gasteiger charge is 2.10. The Hall–Kier alpha value is -3.04. The molecule has 2 aromatic carbocycles. The van der Waals surface area contributed by atoms with Crippen molar-refractivity contribution in [3.63, 3.8) is 0 Å². The van der Waals surface area contributed by atoms with E-state index in [9.17, 15) is 4.79 Å². The molecule has 126 valence electrons. The third kappa shape index (κ3) is 3.42. The second-order valence-corrected chi connectivity index (χ2v) is 6.17. The summed E-state index contributed by atoms with van der Waals surface area (Å²) in [7, 11) is 3.17. The van der Waals surface area contributed by atoms with Gasteiger partial charge in [-0.2, -0.15) is 4.99 Å². The second kappa shape index (κ2) is 7.24. The minimum Gasteiger partial charge on any atom is -0.497 e. The van der Waals surface area contributed by atoms with Gasteiger partial charge in [0.2, 0.25) is 0 Å². The van der Waals surface area contributed by atoms with E-state index < -0.39 is 0 Å². The van der Waals surface area contributed by atoms with Crippen LogP contribution in [0.3, 0.4) is 0 Å². The quantitative estimate of drug-likeness (QED) is 0.678. The average Bonchev–Trinajstić information content (AvgIpc) is 2.98. The van der Waals surface area contributed by atoms with Crippen LogP contribution in [0.1, 0.15) is 10.4 Å². The third-order valence-corrected chi connectivity index (χ3v) is 4.69. The molecule has 0 fully saturated rings. The largest absolute Gasteiger partial charge is 0.497 e. The number of rotatable bonds is 4. The van der Waals surface area contributed by atoms with E-state index in [0.29, 0.717) is 22.7 Å². The van der Waals surface area contributed by atoms with Crippen molar-refractivity contribution in [2.24, 2.45) is 4.99 Å². The molecule has 3 aromatic rings. The summed E-state index contributed by atoms with van der Waals surface area (Å²) in [5, 5.41) is 0. The Morgan fingerprint density at radius 2 is 1.96 bits per heavy atom. The molecule has 0 aliphatic heterocycles. The van der Waals surface area contributed by atoms with Crippen LogP contribution in [0.4, 0.5) is 0 Å². The fourth-order valence-electron chi connectivity index (χ4n) is 2.42. The van der Waals surface area contributed by atoms with Gasteiger partial charge < -0.3 is 14.0 Å². The summed E-state index contributed by atoms with van der Waals surface area (Å²) in [6.07, 6.45) is 5.48. The number of fused-ring (bicyclic) bond motifs is 1. The Bertz CT molecular complexity index is 1040. The van der Waals surface area contributed by atoms with Crippen molar-refractivity contribution in [2.75, 3.05) is 14.2 Å². The van der Waals surface area contributed by atoms with Crippen molar-refractivity contribution in [3.05, 3.63) is 52.8 Å². The fourth-order valence-corrected chi connectivity index (χ4v) is 3.47.